The van der Waals surface area contributed by atoms with E-state index in [4.69, 9.17) is 9.47 Å². The number of fused-ring (bicyclic) bond motifs is 1. The average molecular weight is 272 g/mol. The minimum absolute atomic E-state index is 0.0356. The number of rotatable bonds is 3. The Bertz CT molecular complexity index is 642. The van der Waals surface area contributed by atoms with E-state index in [-0.39, 0.29) is 6.23 Å². The smallest absolute Gasteiger partial charge is 0.335 e. The van der Waals surface area contributed by atoms with Gasteiger partial charge in [-0.25, -0.2) is 9.48 Å². The van der Waals surface area contributed by atoms with Gasteiger partial charge in [0, 0.05) is 24.1 Å². The molecular weight excluding hydrogens is 256 g/mol. The second kappa shape index (κ2) is 5.46. The predicted molar refractivity (Wildman–Crippen MR) is 74.4 cm³/mol. The van der Waals surface area contributed by atoms with Gasteiger partial charge >= 0.3 is 5.97 Å². The Balaban J connectivity index is 1.94. The van der Waals surface area contributed by atoms with Gasteiger partial charge in [0.2, 0.25) is 0 Å². The summed E-state index contributed by atoms with van der Waals surface area (Å²) in [7, 11) is 0. The van der Waals surface area contributed by atoms with E-state index >= 15 is 0 Å². The van der Waals surface area contributed by atoms with Gasteiger partial charge in [0.1, 0.15) is 5.75 Å². The normalized spacial score (nSPS) is 18.9. The summed E-state index contributed by atoms with van der Waals surface area (Å²) in [5.41, 5.74) is 0.909. The van der Waals surface area contributed by atoms with Crippen LogP contribution in [0.4, 0.5) is 0 Å². The van der Waals surface area contributed by atoms with Crippen LogP contribution in [0.2, 0.25) is 0 Å². The molecule has 0 saturated carbocycles. The molecule has 0 spiro atoms. The number of nitrogens with zero attached hydrogens (tertiary/aromatic N) is 2. The van der Waals surface area contributed by atoms with Crippen molar-refractivity contribution in [2.24, 2.45) is 0 Å². The predicted octanol–water partition coefficient (Wildman–Crippen LogP) is 2.83. The molecule has 0 radical (unpaired) electrons. The van der Waals surface area contributed by atoms with E-state index in [2.05, 4.69) is 11.7 Å². The monoisotopic (exact) mass is 272 g/mol. The molecule has 5 heteroatoms. The molecule has 2 aromatic rings. The molecule has 5 nitrogen and oxygen atoms in total. The summed E-state index contributed by atoms with van der Waals surface area (Å²) in [6.07, 6.45) is 6.09. The molecule has 1 atom stereocenters. The first-order valence-corrected chi connectivity index (χ1v) is 6.71. The fourth-order valence-corrected chi connectivity index (χ4v) is 2.39. The quantitative estimate of drug-likeness (QED) is 0.490. The minimum Gasteiger partial charge on any atom is -0.423 e. The van der Waals surface area contributed by atoms with Crippen LogP contribution in [0.15, 0.2) is 37.1 Å². The molecule has 1 saturated heterocycles. The number of ether oxygens (including phenoxy) is 2. The summed E-state index contributed by atoms with van der Waals surface area (Å²) >= 11 is 0. The van der Waals surface area contributed by atoms with Crippen molar-refractivity contribution < 1.29 is 14.3 Å². The lowest BCUT2D eigenvalue weighted by molar-refractivity contribution is -0.128. The van der Waals surface area contributed by atoms with Gasteiger partial charge in [-0.15, -0.1) is 0 Å². The molecular formula is C15H16N2O3. The molecule has 1 unspecified atom stereocenters. The summed E-state index contributed by atoms with van der Waals surface area (Å²) in [5, 5.41) is 5.39. The highest BCUT2D eigenvalue weighted by atomic mass is 16.5. The number of benzene rings is 1. The summed E-state index contributed by atoms with van der Waals surface area (Å²) < 4.78 is 12.8. The Kier molecular flexibility index (Phi) is 3.52. The maximum Gasteiger partial charge on any atom is 0.335 e. The van der Waals surface area contributed by atoms with Crippen molar-refractivity contribution in [3.8, 4) is 5.75 Å². The first kappa shape index (κ1) is 12.9. The van der Waals surface area contributed by atoms with E-state index < -0.39 is 5.97 Å². The third-order valence-electron chi connectivity index (χ3n) is 3.38. The topological polar surface area (TPSA) is 53.3 Å². The maximum absolute atomic E-state index is 11.3. The molecule has 20 heavy (non-hydrogen) atoms. The van der Waals surface area contributed by atoms with Crippen LogP contribution in [-0.4, -0.2) is 22.4 Å². The molecule has 1 aromatic carbocycles. The summed E-state index contributed by atoms with van der Waals surface area (Å²) in [6.45, 7) is 4.15. The van der Waals surface area contributed by atoms with E-state index in [1.165, 1.54) is 0 Å². The Hall–Kier alpha value is -2.14. The average Bonchev–Trinajstić information content (AvgIpc) is 2.91. The van der Waals surface area contributed by atoms with Crippen molar-refractivity contribution in [1.82, 2.24) is 9.78 Å². The van der Waals surface area contributed by atoms with Gasteiger partial charge in [0.05, 0.1) is 11.7 Å². The minimum atomic E-state index is -0.468. The number of carbonyl (C=O) groups excluding carboxylic acids is 1. The first-order valence-electron chi connectivity index (χ1n) is 6.71. The summed E-state index contributed by atoms with van der Waals surface area (Å²) in [5.74, 6) is 0.0179. The van der Waals surface area contributed by atoms with Crippen LogP contribution in [0, 0.1) is 0 Å². The molecule has 2 heterocycles. The number of hydrogen-bond donors (Lipinski definition) is 0. The van der Waals surface area contributed by atoms with Crippen LogP contribution in [0.5, 0.6) is 5.75 Å². The molecule has 3 rings (SSSR count). The highest BCUT2D eigenvalue weighted by Crippen LogP contribution is 2.28. The SMILES string of the molecule is C=CC(=O)Oc1ccc2cnn(C3CCCCO3)c2c1. The number of esters is 1. The Morgan fingerprint density at radius 2 is 2.40 bits per heavy atom. The molecule has 0 bridgehead atoms. The van der Waals surface area contributed by atoms with Gasteiger partial charge in [-0.2, -0.15) is 5.10 Å². The summed E-state index contributed by atoms with van der Waals surface area (Å²) in [4.78, 5) is 11.3. The highest BCUT2D eigenvalue weighted by molar-refractivity contribution is 5.85. The zero-order valence-corrected chi connectivity index (χ0v) is 11.1. The first-order chi connectivity index (χ1) is 9.78. The molecule has 0 aliphatic carbocycles. The van der Waals surface area contributed by atoms with Crippen molar-refractivity contribution in [2.75, 3.05) is 6.61 Å². The Morgan fingerprint density at radius 1 is 1.50 bits per heavy atom. The fraction of sp³-hybridized carbons (Fsp3) is 0.333. The van der Waals surface area contributed by atoms with E-state index in [1.54, 1.807) is 12.3 Å². The Morgan fingerprint density at radius 3 is 3.15 bits per heavy atom. The fourth-order valence-electron chi connectivity index (χ4n) is 2.39. The van der Waals surface area contributed by atoms with Crippen molar-refractivity contribution in [1.29, 1.82) is 0 Å². The van der Waals surface area contributed by atoms with Gasteiger partial charge in [-0.05, 0) is 31.4 Å². The van der Waals surface area contributed by atoms with E-state index in [0.29, 0.717) is 5.75 Å². The van der Waals surface area contributed by atoms with Crippen molar-refractivity contribution in [3.05, 3.63) is 37.1 Å². The zero-order valence-electron chi connectivity index (χ0n) is 11.1. The van der Waals surface area contributed by atoms with Gasteiger partial charge in [-0.3, -0.25) is 0 Å². The van der Waals surface area contributed by atoms with Crippen LogP contribution < -0.4 is 4.74 Å². The van der Waals surface area contributed by atoms with Crippen molar-refractivity contribution in [3.63, 3.8) is 0 Å². The van der Waals surface area contributed by atoms with Crippen molar-refractivity contribution in [2.45, 2.75) is 25.5 Å². The molecule has 104 valence electrons. The van der Waals surface area contributed by atoms with Crippen LogP contribution >= 0.6 is 0 Å². The van der Waals surface area contributed by atoms with Crippen LogP contribution in [0.25, 0.3) is 10.9 Å². The largest absolute Gasteiger partial charge is 0.423 e. The van der Waals surface area contributed by atoms with Gasteiger partial charge < -0.3 is 9.47 Å². The van der Waals surface area contributed by atoms with Crippen LogP contribution in [0.1, 0.15) is 25.5 Å². The number of hydrogen-bond acceptors (Lipinski definition) is 4. The number of aromatic nitrogens is 2. The van der Waals surface area contributed by atoms with Crippen LogP contribution in [0.3, 0.4) is 0 Å². The second-order valence-corrected chi connectivity index (χ2v) is 4.76. The van der Waals surface area contributed by atoms with Crippen molar-refractivity contribution >= 4 is 16.9 Å². The van der Waals surface area contributed by atoms with E-state index in [0.717, 1.165) is 42.8 Å². The number of carbonyl (C=O) groups is 1. The maximum atomic E-state index is 11.3. The highest BCUT2D eigenvalue weighted by Gasteiger charge is 2.18. The van der Waals surface area contributed by atoms with Gasteiger partial charge in [0.25, 0.3) is 0 Å². The lowest BCUT2D eigenvalue weighted by atomic mass is 10.2. The third kappa shape index (κ3) is 2.44. The lowest BCUT2D eigenvalue weighted by Crippen LogP contribution is -2.18. The van der Waals surface area contributed by atoms with E-state index in [9.17, 15) is 4.79 Å². The van der Waals surface area contributed by atoms with Gasteiger partial charge in [0.15, 0.2) is 6.23 Å². The zero-order chi connectivity index (χ0) is 13.9. The Labute approximate surface area is 116 Å². The third-order valence-corrected chi connectivity index (χ3v) is 3.38. The second-order valence-electron chi connectivity index (χ2n) is 4.76. The van der Waals surface area contributed by atoms with E-state index in [1.807, 2.05) is 16.8 Å². The molecule has 1 fully saturated rings. The molecule has 0 amide bonds. The van der Waals surface area contributed by atoms with Crippen LogP contribution in [-0.2, 0) is 9.53 Å². The molecule has 1 aliphatic heterocycles. The van der Waals surface area contributed by atoms with Gasteiger partial charge in [-0.1, -0.05) is 6.58 Å². The summed E-state index contributed by atoms with van der Waals surface area (Å²) in [6, 6.07) is 5.44. The standard InChI is InChI=1S/C15H16N2O3/c1-2-15(18)20-12-7-6-11-10-16-17(13(11)9-12)14-5-3-4-8-19-14/h2,6-7,9-10,14H,1,3-5,8H2. The molecule has 0 N–H and O–H groups in total. The molecule has 1 aromatic heterocycles. The molecule has 1 aliphatic rings. The lowest BCUT2D eigenvalue weighted by Gasteiger charge is -2.23.